The number of rotatable bonds is 8. The van der Waals surface area contributed by atoms with E-state index in [2.05, 4.69) is 10.0 Å². The van der Waals surface area contributed by atoms with Crippen molar-refractivity contribution in [2.75, 3.05) is 18.2 Å². The molecule has 7 nitrogen and oxygen atoms in total. The predicted molar refractivity (Wildman–Crippen MR) is 117 cm³/mol. The maximum absolute atomic E-state index is 12.5. The third kappa shape index (κ3) is 5.89. The number of carbonyl (C=O) groups excluding carboxylic acids is 2. The lowest BCUT2D eigenvalue weighted by atomic mass is 10.2. The van der Waals surface area contributed by atoms with Gasteiger partial charge in [0, 0.05) is 16.6 Å². The molecule has 0 saturated heterocycles. The van der Waals surface area contributed by atoms with Crippen molar-refractivity contribution < 1.29 is 22.7 Å². The number of ether oxygens (including phenoxy) is 1. The summed E-state index contributed by atoms with van der Waals surface area (Å²) in [5.41, 5.74) is 0.362. The second-order valence-electron chi connectivity index (χ2n) is 6.51. The summed E-state index contributed by atoms with van der Waals surface area (Å²) in [6, 6.07) is 9.26. The van der Waals surface area contributed by atoms with E-state index in [0.717, 1.165) is 29.9 Å². The first kappa shape index (κ1) is 22.9. The Morgan fingerprint density at radius 2 is 1.90 bits per heavy atom. The standard InChI is InChI=1S/C19H18Cl2N2O5S2/c1-29-13-4-2-3-12(7-13)22-18(24)10-28-19(25)14-8-17(16(21)9-15(14)20)30(26,27)23-11-5-6-11/h2-4,7-9,11,23H,5-6,10H2,1H3,(H,22,24). The van der Waals surface area contributed by atoms with E-state index in [4.69, 9.17) is 27.9 Å². The summed E-state index contributed by atoms with van der Waals surface area (Å²) in [5.74, 6) is -1.48. The average Bonchev–Trinajstić information content (AvgIpc) is 3.49. The molecule has 0 atom stereocenters. The van der Waals surface area contributed by atoms with Crippen LogP contribution < -0.4 is 10.0 Å². The van der Waals surface area contributed by atoms with Crippen LogP contribution in [0.5, 0.6) is 0 Å². The molecule has 30 heavy (non-hydrogen) atoms. The van der Waals surface area contributed by atoms with Gasteiger partial charge in [-0.2, -0.15) is 0 Å². The number of sulfonamides is 1. The summed E-state index contributed by atoms with van der Waals surface area (Å²) in [6.07, 6.45) is 3.40. The van der Waals surface area contributed by atoms with Crippen LogP contribution in [0.15, 0.2) is 46.2 Å². The van der Waals surface area contributed by atoms with Gasteiger partial charge in [0.15, 0.2) is 6.61 Å². The second kappa shape index (κ2) is 9.57. The Morgan fingerprint density at radius 3 is 2.57 bits per heavy atom. The molecular formula is C19H18Cl2N2O5S2. The van der Waals surface area contributed by atoms with Crippen LogP contribution in [0.25, 0.3) is 0 Å². The highest BCUT2D eigenvalue weighted by Gasteiger charge is 2.30. The van der Waals surface area contributed by atoms with Gasteiger partial charge in [0.25, 0.3) is 5.91 Å². The molecule has 1 aliphatic carbocycles. The van der Waals surface area contributed by atoms with Gasteiger partial charge in [0.1, 0.15) is 4.90 Å². The van der Waals surface area contributed by atoms with E-state index < -0.39 is 28.5 Å². The summed E-state index contributed by atoms with van der Waals surface area (Å²) in [5, 5.41) is 2.43. The first-order chi connectivity index (χ1) is 14.2. The molecule has 160 valence electrons. The first-order valence-electron chi connectivity index (χ1n) is 8.82. The van der Waals surface area contributed by atoms with Gasteiger partial charge in [-0.3, -0.25) is 4.79 Å². The Labute approximate surface area is 188 Å². The lowest BCUT2D eigenvalue weighted by Gasteiger charge is -2.12. The second-order valence-corrected chi connectivity index (χ2v) is 9.89. The third-order valence-electron chi connectivity index (χ3n) is 4.12. The van der Waals surface area contributed by atoms with Crippen molar-refractivity contribution in [3.05, 3.63) is 52.0 Å². The third-order valence-corrected chi connectivity index (χ3v) is 7.14. The van der Waals surface area contributed by atoms with E-state index in [1.54, 1.807) is 18.2 Å². The van der Waals surface area contributed by atoms with Crippen LogP contribution in [-0.4, -0.2) is 39.2 Å². The quantitative estimate of drug-likeness (QED) is 0.430. The highest BCUT2D eigenvalue weighted by Crippen LogP contribution is 2.31. The van der Waals surface area contributed by atoms with Gasteiger partial charge in [0.05, 0.1) is 15.6 Å². The number of amides is 1. The van der Waals surface area contributed by atoms with Crippen molar-refractivity contribution in [1.82, 2.24) is 4.72 Å². The van der Waals surface area contributed by atoms with E-state index in [-0.39, 0.29) is 26.5 Å². The maximum Gasteiger partial charge on any atom is 0.340 e. The summed E-state index contributed by atoms with van der Waals surface area (Å²) in [7, 11) is -3.91. The smallest absolute Gasteiger partial charge is 0.340 e. The van der Waals surface area contributed by atoms with E-state index >= 15 is 0 Å². The fourth-order valence-electron chi connectivity index (χ4n) is 2.48. The van der Waals surface area contributed by atoms with Crippen molar-refractivity contribution in [2.45, 2.75) is 28.7 Å². The number of thioether (sulfide) groups is 1. The number of nitrogens with one attached hydrogen (secondary N) is 2. The Bertz CT molecular complexity index is 1090. The minimum absolute atomic E-state index is 0.0801. The Morgan fingerprint density at radius 1 is 1.17 bits per heavy atom. The summed E-state index contributed by atoms with van der Waals surface area (Å²) in [4.78, 5) is 25.2. The first-order valence-corrected chi connectivity index (χ1v) is 12.3. The normalized spacial score (nSPS) is 13.7. The molecule has 0 aliphatic heterocycles. The highest BCUT2D eigenvalue weighted by molar-refractivity contribution is 7.98. The minimum atomic E-state index is -3.91. The minimum Gasteiger partial charge on any atom is -0.452 e. The van der Waals surface area contributed by atoms with Crippen molar-refractivity contribution in [1.29, 1.82) is 0 Å². The van der Waals surface area contributed by atoms with Crippen LogP contribution in [0, 0.1) is 0 Å². The molecule has 1 aliphatic rings. The van der Waals surface area contributed by atoms with Gasteiger partial charge in [-0.05, 0) is 49.4 Å². The van der Waals surface area contributed by atoms with Crippen LogP contribution in [0.1, 0.15) is 23.2 Å². The zero-order chi connectivity index (χ0) is 21.9. The molecule has 2 N–H and O–H groups in total. The summed E-state index contributed by atoms with van der Waals surface area (Å²) >= 11 is 13.6. The van der Waals surface area contributed by atoms with Gasteiger partial charge >= 0.3 is 5.97 Å². The van der Waals surface area contributed by atoms with E-state index in [1.165, 1.54) is 11.8 Å². The Kier molecular flexibility index (Phi) is 7.30. The summed E-state index contributed by atoms with van der Waals surface area (Å²) < 4.78 is 32.4. The molecule has 1 amide bonds. The molecule has 3 rings (SSSR count). The fraction of sp³-hybridized carbons (Fsp3) is 0.263. The molecule has 0 radical (unpaired) electrons. The number of hydrogen-bond acceptors (Lipinski definition) is 6. The van der Waals surface area contributed by atoms with Crippen LogP contribution in [-0.2, 0) is 19.6 Å². The monoisotopic (exact) mass is 488 g/mol. The number of carbonyl (C=O) groups is 2. The topological polar surface area (TPSA) is 102 Å². The fourth-order valence-corrected chi connectivity index (χ4v) is 5.10. The van der Waals surface area contributed by atoms with Crippen LogP contribution in [0.2, 0.25) is 10.0 Å². The van der Waals surface area contributed by atoms with Crippen molar-refractivity contribution in [3.63, 3.8) is 0 Å². The van der Waals surface area contributed by atoms with E-state index in [1.807, 2.05) is 12.3 Å². The molecule has 1 saturated carbocycles. The SMILES string of the molecule is CSc1cccc(NC(=O)COC(=O)c2cc(S(=O)(=O)NC3CC3)c(Cl)cc2Cl)c1. The van der Waals surface area contributed by atoms with Crippen LogP contribution >= 0.6 is 35.0 Å². The molecule has 2 aromatic rings. The van der Waals surface area contributed by atoms with Crippen molar-refractivity contribution in [3.8, 4) is 0 Å². The van der Waals surface area contributed by atoms with Crippen molar-refractivity contribution in [2.24, 2.45) is 0 Å². The van der Waals surface area contributed by atoms with Crippen LogP contribution in [0.3, 0.4) is 0 Å². The molecule has 2 aromatic carbocycles. The van der Waals surface area contributed by atoms with Gasteiger partial charge in [-0.15, -0.1) is 11.8 Å². The van der Waals surface area contributed by atoms with Crippen molar-refractivity contribution >= 4 is 62.6 Å². The number of esters is 1. The van der Waals surface area contributed by atoms with Gasteiger partial charge < -0.3 is 10.1 Å². The predicted octanol–water partition coefficient (Wildman–Crippen LogP) is 3.95. The van der Waals surface area contributed by atoms with Crippen LogP contribution in [0.4, 0.5) is 5.69 Å². The summed E-state index contributed by atoms with van der Waals surface area (Å²) in [6.45, 7) is -0.566. The average molecular weight is 489 g/mol. The number of hydrogen-bond donors (Lipinski definition) is 2. The number of halogens is 2. The molecule has 0 bridgehead atoms. The highest BCUT2D eigenvalue weighted by atomic mass is 35.5. The molecule has 1 fully saturated rings. The van der Waals surface area contributed by atoms with E-state index in [0.29, 0.717) is 5.69 Å². The Balaban J connectivity index is 1.68. The number of anilines is 1. The zero-order valence-electron chi connectivity index (χ0n) is 15.8. The zero-order valence-corrected chi connectivity index (χ0v) is 18.9. The number of benzene rings is 2. The Hall–Kier alpha value is -1.78. The van der Waals surface area contributed by atoms with Gasteiger partial charge in [0.2, 0.25) is 10.0 Å². The molecule has 0 unspecified atom stereocenters. The van der Waals surface area contributed by atoms with E-state index in [9.17, 15) is 18.0 Å². The maximum atomic E-state index is 12.5. The largest absolute Gasteiger partial charge is 0.452 e. The van der Waals surface area contributed by atoms with Gasteiger partial charge in [-0.1, -0.05) is 29.3 Å². The molecule has 0 aromatic heterocycles. The molecule has 0 heterocycles. The molecule has 11 heteroatoms. The lowest BCUT2D eigenvalue weighted by molar-refractivity contribution is -0.119. The lowest BCUT2D eigenvalue weighted by Crippen LogP contribution is -2.26. The molecule has 0 spiro atoms. The molecular weight excluding hydrogens is 471 g/mol. The van der Waals surface area contributed by atoms with Gasteiger partial charge in [-0.25, -0.2) is 17.9 Å².